The molecule has 0 atom stereocenters. The summed E-state index contributed by atoms with van der Waals surface area (Å²) in [5.41, 5.74) is 5.89. The van der Waals surface area contributed by atoms with Crippen molar-refractivity contribution in [3.8, 4) is 0 Å². The maximum atomic E-state index is 5.89. The van der Waals surface area contributed by atoms with E-state index in [0.29, 0.717) is 6.04 Å². The van der Waals surface area contributed by atoms with E-state index in [-0.39, 0.29) is 0 Å². The third kappa shape index (κ3) is 2.42. The minimum Gasteiger partial charge on any atom is -0.328 e. The van der Waals surface area contributed by atoms with E-state index in [4.69, 9.17) is 5.73 Å². The molecule has 0 spiro atoms. The quantitative estimate of drug-likeness (QED) is 0.628. The van der Waals surface area contributed by atoms with Crippen LogP contribution in [0.3, 0.4) is 0 Å². The van der Waals surface area contributed by atoms with E-state index in [1.54, 1.807) is 0 Å². The maximum absolute atomic E-state index is 5.89. The van der Waals surface area contributed by atoms with Gasteiger partial charge in [-0.2, -0.15) is 0 Å². The van der Waals surface area contributed by atoms with Crippen LogP contribution < -0.4 is 11.1 Å². The molecule has 2 rings (SSSR count). The van der Waals surface area contributed by atoms with Crippen molar-refractivity contribution in [1.29, 1.82) is 0 Å². The molecule has 1 aliphatic carbocycles. The Labute approximate surface area is 80.7 Å². The normalized spacial score (nSPS) is 37.6. The summed E-state index contributed by atoms with van der Waals surface area (Å²) in [6, 6.07) is 1.29. The number of nitrogens with two attached hydrogens (primary N) is 1. The standard InChI is InChI=1S/C10H20N3/c11-9-1-3-10(4-2-9)13-7-5-12-6-8-13/h9-10H,1-8,11H2. The van der Waals surface area contributed by atoms with Gasteiger partial charge in [-0.1, -0.05) is 0 Å². The third-order valence-electron chi connectivity index (χ3n) is 3.35. The SMILES string of the molecule is NC1CCC(N2CC[N]CC2)CC1. The molecule has 1 aliphatic heterocycles. The highest BCUT2D eigenvalue weighted by Gasteiger charge is 2.24. The summed E-state index contributed by atoms with van der Waals surface area (Å²) in [5, 5.41) is 4.37. The van der Waals surface area contributed by atoms with Crippen molar-refractivity contribution in [2.45, 2.75) is 37.8 Å². The minimum absolute atomic E-state index is 0.478. The zero-order chi connectivity index (χ0) is 9.10. The molecule has 1 radical (unpaired) electrons. The molecule has 0 aromatic carbocycles. The third-order valence-corrected chi connectivity index (χ3v) is 3.35. The molecule has 0 amide bonds. The fraction of sp³-hybridized carbons (Fsp3) is 1.00. The molecule has 75 valence electrons. The average Bonchev–Trinajstić information content (AvgIpc) is 2.20. The lowest BCUT2D eigenvalue weighted by molar-refractivity contribution is 0.132. The number of piperazine rings is 1. The molecule has 13 heavy (non-hydrogen) atoms. The van der Waals surface area contributed by atoms with Crippen molar-refractivity contribution < 1.29 is 0 Å². The highest BCUT2D eigenvalue weighted by molar-refractivity contribution is 4.83. The molecule has 0 unspecified atom stereocenters. The Kier molecular flexibility index (Phi) is 3.19. The second-order valence-electron chi connectivity index (χ2n) is 4.28. The second-order valence-corrected chi connectivity index (χ2v) is 4.28. The average molecular weight is 182 g/mol. The van der Waals surface area contributed by atoms with Crippen molar-refractivity contribution in [2.75, 3.05) is 26.2 Å². The van der Waals surface area contributed by atoms with Crippen molar-refractivity contribution in [3.63, 3.8) is 0 Å². The lowest BCUT2D eigenvalue weighted by Gasteiger charge is -2.37. The van der Waals surface area contributed by atoms with Gasteiger partial charge in [0.15, 0.2) is 0 Å². The summed E-state index contributed by atoms with van der Waals surface area (Å²) >= 11 is 0. The second kappa shape index (κ2) is 4.40. The van der Waals surface area contributed by atoms with Gasteiger partial charge in [0.2, 0.25) is 0 Å². The Morgan fingerprint density at radius 3 is 2.23 bits per heavy atom. The van der Waals surface area contributed by atoms with Crippen molar-refractivity contribution in [1.82, 2.24) is 10.2 Å². The molecule has 2 aliphatic rings. The van der Waals surface area contributed by atoms with Crippen molar-refractivity contribution in [2.24, 2.45) is 5.73 Å². The van der Waals surface area contributed by atoms with E-state index in [0.717, 1.165) is 19.1 Å². The highest BCUT2D eigenvalue weighted by atomic mass is 15.2. The van der Waals surface area contributed by atoms with Gasteiger partial charge in [0.05, 0.1) is 0 Å². The predicted molar refractivity (Wildman–Crippen MR) is 53.7 cm³/mol. The summed E-state index contributed by atoms with van der Waals surface area (Å²) in [4.78, 5) is 2.61. The van der Waals surface area contributed by atoms with Gasteiger partial charge in [-0.3, -0.25) is 4.90 Å². The van der Waals surface area contributed by atoms with E-state index in [1.165, 1.54) is 38.8 Å². The highest BCUT2D eigenvalue weighted by Crippen LogP contribution is 2.22. The van der Waals surface area contributed by atoms with Crippen LogP contribution in [0.2, 0.25) is 0 Å². The van der Waals surface area contributed by atoms with Gasteiger partial charge >= 0.3 is 0 Å². The van der Waals surface area contributed by atoms with E-state index in [1.807, 2.05) is 0 Å². The summed E-state index contributed by atoms with van der Waals surface area (Å²) in [5.74, 6) is 0. The fourth-order valence-corrected chi connectivity index (χ4v) is 2.45. The van der Waals surface area contributed by atoms with Crippen molar-refractivity contribution >= 4 is 0 Å². The van der Waals surface area contributed by atoms with Crippen LogP contribution in [0.25, 0.3) is 0 Å². The van der Waals surface area contributed by atoms with Crippen molar-refractivity contribution in [3.05, 3.63) is 0 Å². The van der Waals surface area contributed by atoms with Crippen LogP contribution in [0.15, 0.2) is 0 Å². The molecule has 1 saturated heterocycles. The Morgan fingerprint density at radius 2 is 1.62 bits per heavy atom. The van der Waals surface area contributed by atoms with E-state index < -0.39 is 0 Å². The first kappa shape index (κ1) is 9.44. The number of hydrogen-bond acceptors (Lipinski definition) is 2. The van der Waals surface area contributed by atoms with Gasteiger partial charge in [0, 0.05) is 38.3 Å². The number of rotatable bonds is 1. The number of nitrogens with zero attached hydrogens (tertiary/aromatic N) is 2. The molecule has 0 aromatic heterocycles. The van der Waals surface area contributed by atoms with Crippen LogP contribution >= 0.6 is 0 Å². The monoisotopic (exact) mass is 182 g/mol. The maximum Gasteiger partial charge on any atom is 0.0261 e. The van der Waals surface area contributed by atoms with Gasteiger partial charge in [-0.15, -0.1) is 0 Å². The van der Waals surface area contributed by atoms with Gasteiger partial charge in [-0.05, 0) is 25.7 Å². The first-order chi connectivity index (χ1) is 6.36. The lowest BCUT2D eigenvalue weighted by Crippen LogP contribution is -2.48. The summed E-state index contributed by atoms with van der Waals surface area (Å²) < 4.78 is 0. The molecular weight excluding hydrogens is 162 g/mol. The van der Waals surface area contributed by atoms with Crippen LogP contribution in [0.1, 0.15) is 25.7 Å². The Balaban J connectivity index is 1.79. The molecule has 0 bridgehead atoms. The van der Waals surface area contributed by atoms with Gasteiger partial charge in [0.25, 0.3) is 0 Å². The zero-order valence-corrected chi connectivity index (χ0v) is 8.28. The molecular formula is C10H20N3. The molecule has 1 heterocycles. The van der Waals surface area contributed by atoms with E-state index >= 15 is 0 Å². The predicted octanol–water partition coefficient (Wildman–Crippen LogP) is 0.176. The largest absolute Gasteiger partial charge is 0.328 e. The summed E-state index contributed by atoms with van der Waals surface area (Å²) in [6.45, 7) is 4.45. The topological polar surface area (TPSA) is 43.4 Å². The van der Waals surface area contributed by atoms with E-state index in [2.05, 4.69) is 10.2 Å². The van der Waals surface area contributed by atoms with Crippen LogP contribution in [0, 0.1) is 0 Å². The van der Waals surface area contributed by atoms with Crippen LogP contribution in [0.4, 0.5) is 0 Å². The molecule has 1 saturated carbocycles. The fourth-order valence-electron chi connectivity index (χ4n) is 2.45. The van der Waals surface area contributed by atoms with Crippen LogP contribution in [-0.2, 0) is 0 Å². The van der Waals surface area contributed by atoms with Crippen LogP contribution in [0.5, 0.6) is 0 Å². The molecule has 2 N–H and O–H groups in total. The Bertz CT molecular complexity index is 146. The Hall–Kier alpha value is -0.120. The minimum atomic E-state index is 0.478. The Morgan fingerprint density at radius 1 is 1.00 bits per heavy atom. The first-order valence-electron chi connectivity index (χ1n) is 5.49. The smallest absolute Gasteiger partial charge is 0.0261 e. The molecule has 2 fully saturated rings. The number of hydrogen-bond donors (Lipinski definition) is 1. The summed E-state index contributed by atoms with van der Waals surface area (Å²) in [6.07, 6.45) is 5.05. The summed E-state index contributed by atoms with van der Waals surface area (Å²) in [7, 11) is 0. The molecule has 3 nitrogen and oxygen atoms in total. The molecule has 3 heteroatoms. The van der Waals surface area contributed by atoms with Crippen LogP contribution in [-0.4, -0.2) is 43.2 Å². The van der Waals surface area contributed by atoms with E-state index in [9.17, 15) is 0 Å². The molecule has 0 aromatic rings. The first-order valence-corrected chi connectivity index (χ1v) is 5.49. The van der Waals surface area contributed by atoms with Gasteiger partial charge < -0.3 is 5.73 Å². The van der Waals surface area contributed by atoms with Gasteiger partial charge in [0.1, 0.15) is 0 Å². The van der Waals surface area contributed by atoms with Gasteiger partial charge in [-0.25, -0.2) is 5.32 Å². The zero-order valence-electron chi connectivity index (χ0n) is 8.28. The lowest BCUT2D eigenvalue weighted by atomic mass is 9.90.